The zero-order valence-corrected chi connectivity index (χ0v) is 12.1. The van der Waals surface area contributed by atoms with E-state index in [0.717, 1.165) is 11.4 Å². The van der Waals surface area contributed by atoms with Crippen LogP contribution in [0.1, 0.15) is 38.8 Å². The molecule has 0 aromatic carbocycles. The Bertz CT molecular complexity index is 668. The highest BCUT2D eigenvalue weighted by atomic mass is 16.1. The van der Waals surface area contributed by atoms with E-state index in [1.54, 1.807) is 25.2 Å². The van der Waals surface area contributed by atoms with Crippen LogP contribution >= 0.6 is 0 Å². The van der Waals surface area contributed by atoms with E-state index in [9.17, 15) is 9.59 Å². The number of carbonyl (C=O) groups excluding carboxylic acids is 2. The molecule has 108 valence electrons. The van der Waals surface area contributed by atoms with Crippen LogP contribution in [0, 0.1) is 6.92 Å². The Balaban J connectivity index is 2.03. The number of carbonyl (C=O) groups is 2. The lowest BCUT2D eigenvalue weighted by Crippen LogP contribution is -2.19. The minimum absolute atomic E-state index is 0.0224. The maximum Gasteiger partial charge on any atom is 0.269 e. The average molecular weight is 283 g/mol. The fourth-order valence-electron chi connectivity index (χ4n) is 1.94. The number of rotatable bonds is 5. The first-order chi connectivity index (χ1) is 10.1. The molecule has 5 nitrogen and oxygen atoms in total. The van der Waals surface area contributed by atoms with Crippen molar-refractivity contribution in [3.05, 3.63) is 59.2 Å². The van der Waals surface area contributed by atoms with E-state index >= 15 is 0 Å². The molecule has 0 aliphatic carbocycles. The van der Waals surface area contributed by atoms with E-state index in [0.29, 0.717) is 24.2 Å². The van der Waals surface area contributed by atoms with Crippen LogP contribution in [0.4, 0.5) is 0 Å². The predicted molar refractivity (Wildman–Crippen MR) is 79.3 cm³/mol. The average Bonchev–Trinajstić information content (AvgIpc) is 2.52. The van der Waals surface area contributed by atoms with Gasteiger partial charge in [-0.05, 0) is 37.6 Å². The van der Waals surface area contributed by atoms with Gasteiger partial charge in [-0.2, -0.15) is 0 Å². The van der Waals surface area contributed by atoms with Crippen molar-refractivity contribution in [3.63, 3.8) is 0 Å². The third-order valence-corrected chi connectivity index (χ3v) is 3.05. The maximum atomic E-state index is 12.1. The van der Waals surface area contributed by atoms with Gasteiger partial charge in [-0.15, -0.1) is 0 Å². The summed E-state index contributed by atoms with van der Waals surface area (Å²) >= 11 is 0. The standard InChI is InChI=1S/C16H17N3O2/c1-11-5-3-7-13(18-11)15(20)10-9-12-6-4-8-14(19-12)16(21)17-2/h3-8H,9-10H2,1-2H3,(H,17,21). The van der Waals surface area contributed by atoms with Crippen LogP contribution < -0.4 is 5.32 Å². The Hall–Kier alpha value is -2.56. The van der Waals surface area contributed by atoms with Gasteiger partial charge in [0.15, 0.2) is 5.78 Å². The molecule has 0 bridgehead atoms. The van der Waals surface area contributed by atoms with E-state index in [1.807, 2.05) is 25.1 Å². The van der Waals surface area contributed by atoms with Gasteiger partial charge in [-0.1, -0.05) is 12.1 Å². The number of amides is 1. The van der Waals surface area contributed by atoms with Crippen molar-refractivity contribution in [1.29, 1.82) is 0 Å². The molecule has 0 saturated carbocycles. The Kier molecular flexibility index (Phi) is 4.77. The molecule has 2 aromatic heterocycles. The first kappa shape index (κ1) is 14.8. The molecular formula is C16H17N3O2. The highest BCUT2D eigenvalue weighted by Crippen LogP contribution is 2.07. The number of hydrogen-bond acceptors (Lipinski definition) is 4. The highest BCUT2D eigenvalue weighted by Gasteiger charge is 2.10. The summed E-state index contributed by atoms with van der Waals surface area (Å²) in [7, 11) is 1.56. The summed E-state index contributed by atoms with van der Waals surface area (Å²) in [6.07, 6.45) is 0.805. The topological polar surface area (TPSA) is 72.0 Å². The van der Waals surface area contributed by atoms with Gasteiger partial charge >= 0.3 is 0 Å². The molecule has 0 aliphatic heterocycles. The highest BCUT2D eigenvalue weighted by molar-refractivity contribution is 5.94. The number of nitrogens with zero attached hydrogens (tertiary/aromatic N) is 2. The summed E-state index contributed by atoms with van der Waals surface area (Å²) in [6.45, 7) is 1.85. The molecular weight excluding hydrogens is 266 g/mol. The molecule has 2 heterocycles. The first-order valence-corrected chi connectivity index (χ1v) is 6.75. The number of hydrogen-bond donors (Lipinski definition) is 1. The molecule has 0 atom stereocenters. The van der Waals surface area contributed by atoms with Crippen molar-refractivity contribution >= 4 is 11.7 Å². The summed E-state index contributed by atoms with van der Waals surface area (Å²) in [6, 6.07) is 10.6. The van der Waals surface area contributed by atoms with Crippen LogP contribution in [-0.4, -0.2) is 28.7 Å². The smallest absolute Gasteiger partial charge is 0.269 e. The van der Waals surface area contributed by atoms with Crippen LogP contribution in [-0.2, 0) is 6.42 Å². The maximum absolute atomic E-state index is 12.1. The zero-order valence-electron chi connectivity index (χ0n) is 12.1. The Labute approximate surface area is 123 Å². The molecule has 2 aromatic rings. The summed E-state index contributed by atoms with van der Waals surface area (Å²) < 4.78 is 0. The molecule has 2 rings (SSSR count). The lowest BCUT2D eigenvalue weighted by atomic mass is 10.1. The van der Waals surface area contributed by atoms with Crippen molar-refractivity contribution in [2.75, 3.05) is 7.05 Å². The Morgan fingerprint density at radius 1 is 1.05 bits per heavy atom. The van der Waals surface area contributed by atoms with Crippen LogP contribution in [0.3, 0.4) is 0 Å². The third kappa shape index (κ3) is 3.95. The summed E-state index contributed by atoms with van der Waals surface area (Å²) in [5.74, 6) is -0.255. The zero-order chi connectivity index (χ0) is 15.2. The number of pyridine rings is 2. The second kappa shape index (κ2) is 6.74. The second-order valence-corrected chi connectivity index (χ2v) is 4.68. The lowest BCUT2D eigenvalue weighted by molar-refractivity contribution is 0.0957. The predicted octanol–water partition coefficient (Wildman–Crippen LogP) is 1.96. The quantitative estimate of drug-likeness (QED) is 0.851. The first-order valence-electron chi connectivity index (χ1n) is 6.75. The molecule has 1 N–H and O–H groups in total. The number of aromatic nitrogens is 2. The fraction of sp³-hybridized carbons (Fsp3) is 0.250. The van der Waals surface area contributed by atoms with Crippen molar-refractivity contribution in [2.45, 2.75) is 19.8 Å². The lowest BCUT2D eigenvalue weighted by Gasteiger charge is -2.04. The summed E-state index contributed by atoms with van der Waals surface area (Å²) in [4.78, 5) is 32.0. The molecule has 0 aliphatic rings. The van der Waals surface area contributed by atoms with Gasteiger partial charge in [0.2, 0.25) is 0 Å². The third-order valence-electron chi connectivity index (χ3n) is 3.05. The van der Waals surface area contributed by atoms with Crippen molar-refractivity contribution in [1.82, 2.24) is 15.3 Å². The van der Waals surface area contributed by atoms with Gasteiger partial charge in [0.25, 0.3) is 5.91 Å². The molecule has 0 radical (unpaired) electrons. The van der Waals surface area contributed by atoms with E-state index in [2.05, 4.69) is 15.3 Å². The van der Waals surface area contributed by atoms with Crippen molar-refractivity contribution in [3.8, 4) is 0 Å². The van der Waals surface area contributed by atoms with Gasteiger partial charge in [-0.3, -0.25) is 14.6 Å². The number of aryl methyl sites for hydroxylation is 2. The van der Waals surface area contributed by atoms with Crippen LogP contribution in [0.5, 0.6) is 0 Å². The molecule has 21 heavy (non-hydrogen) atoms. The number of Topliss-reactive ketones (excluding diaryl/α,β-unsaturated/α-hetero) is 1. The normalized spacial score (nSPS) is 10.2. The van der Waals surface area contributed by atoms with E-state index in [-0.39, 0.29) is 11.7 Å². The molecule has 0 spiro atoms. The van der Waals surface area contributed by atoms with Crippen LogP contribution in [0.25, 0.3) is 0 Å². The van der Waals surface area contributed by atoms with Crippen LogP contribution in [0.15, 0.2) is 36.4 Å². The molecule has 0 unspecified atom stereocenters. The van der Waals surface area contributed by atoms with Gasteiger partial charge in [0.05, 0.1) is 0 Å². The Morgan fingerprint density at radius 3 is 2.48 bits per heavy atom. The monoisotopic (exact) mass is 283 g/mol. The van der Waals surface area contributed by atoms with Gasteiger partial charge < -0.3 is 5.32 Å². The molecule has 0 saturated heterocycles. The molecule has 0 fully saturated rings. The largest absolute Gasteiger partial charge is 0.354 e. The SMILES string of the molecule is CNC(=O)c1cccc(CCC(=O)c2cccc(C)n2)n1. The van der Waals surface area contributed by atoms with Gasteiger partial charge in [0, 0.05) is 24.9 Å². The van der Waals surface area contributed by atoms with E-state index in [1.165, 1.54) is 0 Å². The second-order valence-electron chi connectivity index (χ2n) is 4.68. The number of nitrogens with one attached hydrogen (secondary N) is 1. The van der Waals surface area contributed by atoms with Crippen LogP contribution in [0.2, 0.25) is 0 Å². The summed E-state index contributed by atoms with van der Waals surface area (Å²) in [5.41, 5.74) is 2.37. The minimum atomic E-state index is -0.233. The van der Waals surface area contributed by atoms with E-state index < -0.39 is 0 Å². The van der Waals surface area contributed by atoms with Crippen molar-refractivity contribution < 1.29 is 9.59 Å². The van der Waals surface area contributed by atoms with E-state index in [4.69, 9.17) is 0 Å². The fourth-order valence-corrected chi connectivity index (χ4v) is 1.94. The minimum Gasteiger partial charge on any atom is -0.354 e. The molecule has 1 amide bonds. The van der Waals surface area contributed by atoms with Gasteiger partial charge in [0.1, 0.15) is 11.4 Å². The Morgan fingerprint density at radius 2 is 1.76 bits per heavy atom. The summed E-state index contributed by atoms with van der Waals surface area (Å²) in [5, 5.41) is 2.53. The number of ketones is 1. The van der Waals surface area contributed by atoms with Crippen molar-refractivity contribution in [2.24, 2.45) is 0 Å². The van der Waals surface area contributed by atoms with Gasteiger partial charge in [-0.25, -0.2) is 4.98 Å². The molecule has 5 heteroatoms.